The molecule has 1 aromatic rings. The van der Waals surface area contributed by atoms with E-state index in [1.165, 1.54) is 0 Å². The summed E-state index contributed by atoms with van der Waals surface area (Å²) in [4.78, 5) is 11.5. The number of hydrogen-bond donors (Lipinski definition) is 1. The fourth-order valence-electron chi connectivity index (χ4n) is 2.69. The van der Waals surface area contributed by atoms with Crippen LogP contribution >= 0.6 is 0 Å². The molecule has 0 saturated carbocycles. The quantitative estimate of drug-likeness (QED) is 0.917. The van der Waals surface area contributed by atoms with Crippen molar-refractivity contribution in [2.45, 2.75) is 53.2 Å². The molecule has 0 unspecified atom stereocenters. The average molecular weight is 278 g/mol. The third-order valence-corrected chi connectivity index (χ3v) is 3.49. The first-order valence-electron chi connectivity index (χ1n) is 7.50. The number of nitrogens with zero attached hydrogens (tertiary/aromatic N) is 3. The normalized spacial score (nSPS) is 22.9. The predicted octanol–water partition coefficient (Wildman–Crippen LogP) is 2.53. The molecule has 2 heterocycles. The first-order valence-corrected chi connectivity index (χ1v) is 7.50. The van der Waals surface area contributed by atoms with Crippen molar-refractivity contribution in [3.63, 3.8) is 0 Å². The second kappa shape index (κ2) is 6.39. The van der Waals surface area contributed by atoms with Gasteiger partial charge in [0.2, 0.25) is 0 Å². The van der Waals surface area contributed by atoms with Crippen LogP contribution in [0, 0.1) is 13.8 Å². The van der Waals surface area contributed by atoms with Crippen LogP contribution in [-0.4, -0.2) is 41.8 Å². The van der Waals surface area contributed by atoms with Crippen molar-refractivity contribution >= 4 is 11.6 Å². The Morgan fingerprint density at radius 3 is 2.45 bits per heavy atom. The second-order valence-corrected chi connectivity index (χ2v) is 5.66. The highest BCUT2D eigenvalue weighted by atomic mass is 16.5. The molecule has 1 aromatic heterocycles. The molecule has 5 heteroatoms. The Balaban J connectivity index is 2.28. The van der Waals surface area contributed by atoms with E-state index in [-0.39, 0.29) is 12.2 Å². The van der Waals surface area contributed by atoms with E-state index in [1.54, 1.807) is 0 Å². The number of hydrogen-bond acceptors (Lipinski definition) is 5. The summed E-state index contributed by atoms with van der Waals surface area (Å²) < 4.78 is 5.80. The highest BCUT2D eigenvalue weighted by molar-refractivity contribution is 5.59. The van der Waals surface area contributed by atoms with E-state index in [0.717, 1.165) is 49.1 Å². The van der Waals surface area contributed by atoms with Crippen molar-refractivity contribution in [1.82, 2.24) is 9.97 Å². The number of nitrogens with one attached hydrogen (secondary N) is 1. The Bertz CT molecular complexity index is 453. The van der Waals surface area contributed by atoms with Gasteiger partial charge < -0.3 is 15.0 Å². The molecule has 1 N–H and O–H groups in total. The van der Waals surface area contributed by atoms with Crippen molar-refractivity contribution in [2.75, 3.05) is 29.9 Å². The van der Waals surface area contributed by atoms with Crippen molar-refractivity contribution in [3.8, 4) is 0 Å². The summed E-state index contributed by atoms with van der Waals surface area (Å²) in [6.07, 6.45) is 1.56. The van der Waals surface area contributed by atoms with Gasteiger partial charge in [0.05, 0.1) is 12.2 Å². The van der Waals surface area contributed by atoms with Gasteiger partial charge in [0.15, 0.2) is 0 Å². The van der Waals surface area contributed by atoms with Crippen LogP contribution in [0.15, 0.2) is 0 Å². The maximum absolute atomic E-state index is 5.80. The van der Waals surface area contributed by atoms with Crippen LogP contribution < -0.4 is 10.2 Å². The summed E-state index contributed by atoms with van der Waals surface area (Å²) in [5.74, 6) is 2.82. The molecule has 2 rings (SSSR count). The van der Waals surface area contributed by atoms with Gasteiger partial charge in [-0.15, -0.1) is 0 Å². The molecule has 1 aliphatic rings. The molecule has 2 atom stereocenters. The molecule has 1 aliphatic heterocycles. The smallest absolute Gasteiger partial charge is 0.137 e. The third-order valence-electron chi connectivity index (χ3n) is 3.49. The summed E-state index contributed by atoms with van der Waals surface area (Å²) in [5, 5.41) is 3.40. The fourth-order valence-corrected chi connectivity index (χ4v) is 2.69. The summed E-state index contributed by atoms with van der Waals surface area (Å²) in [6, 6.07) is 0. The van der Waals surface area contributed by atoms with E-state index in [0.29, 0.717) is 0 Å². The van der Waals surface area contributed by atoms with Gasteiger partial charge in [-0.3, -0.25) is 0 Å². The van der Waals surface area contributed by atoms with Crippen LogP contribution in [0.5, 0.6) is 0 Å². The minimum absolute atomic E-state index is 0.237. The predicted molar refractivity (Wildman–Crippen MR) is 82.5 cm³/mol. The van der Waals surface area contributed by atoms with Gasteiger partial charge in [-0.1, -0.05) is 6.92 Å². The van der Waals surface area contributed by atoms with E-state index < -0.39 is 0 Å². The zero-order chi connectivity index (χ0) is 14.7. The van der Waals surface area contributed by atoms with Crippen LogP contribution in [0.3, 0.4) is 0 Å². The minimum Gasteiger partial charge on any atom is -0.372 e. The lowest BCUT2D eigenvalue weighted by molar-refractivity contribution is -0.00550. The molecular weight excluding hydrogens is 252 g/mol. The highest BCUT2D eigenvalue weighted by Crippen LogP contribution is 2.26. The topological polar surface area (TPSA) is 50.3 Å². The Labute approximate surface area is 121 Å². The monoisotopic (exact) mass is 278 g/mol. The number of anilines is 2. The van der Waals surface area contributed by atoms with Crippen LogP contribution in [0.4, 0.5) is 11.6 Å². The lowest BCUT2D eigenvalue weighted by Crippen LogP contribution is -2.46. The number of morpholine rings is 1. The van der Waals surface area contributed by atoms with Gasteiger partial charge in [-0.05, 0) is 34.1 Å². The van der Waals surface area contributed by atoms with Gasteiger partial charge in [0.1, 0.15) is 17.5 Å². The molecule has 0 amide bonds. The van der Waals surface area contributed by atoms with Crippen molar-refractivity contribution in [3.05, 3.63) is 11.4 Å². The Morgan fingerprint density at radius 2 is 1.85 bits per heavy atom. The Morgan fingerprint density at radius 1 is 1.20 bits per heavy atom. The largest absolute Gasteiger partial charge is 0.372 e. The lowest BCUT2D eigenvalue weighted by Gasteiger charge is -2.37. The zero-order valence-corrected chi connectivity index (χ0v) is 13.2. The summed E-state index contributed by atoms with van der Waals surface area (Å²) in [6.45, 7) is 13.1. The van der Waals surface area contributed by atoms with Crippen molar-refractivity contribution in [2.24, 2.45) is 0 Å². The van der Waals surface area contributed by atoms with Crippen molar-refractivity contribution < 1.29 is 4.74 Å². The molecular formula is C15H26N4O. The highest BCUT2D eigenvalue weighted by Gasteiger charge is 2.25. The van der Waals surface area contributed by atoms with Crippen LogP contribution in [0.1, 0.15) is 38.6 Å². The molecule has 0 radical (unpaired) electrons. The Hall–Kier alpha value is -1.36. The summed E-state index contributed by atoms with van der Waals surface area (Å²) in [7, 11) is 0. The number of rotatable bonds is 4. The van der Waals surface area contributed by atoms with E-state index in [9.17, 15) is 0 Å². The maximum atomic E-state index is 5.80. The minimum atomic E-state index is 0.237. The summed E-state index contributed by atoms with van der Waals surface area (Å²) in [5.41, 5.74) is 1.13. The van der Waals surface area contributed by atoms with Gasteiger partial charge in [-0.25, -0.2) is 9.97 Å². The summed E-state index contributed by atoms with van der Waals surface area (Å²) >= 11 is 0. The molecule has 20 heavy (non-hydrogen) atoms. The number of aromatic nitrogens is 2. The molecule has 0 aromatic carbocycles. The third kappa shape index (κ3) is 3.39. The maximum Gasteiger partial charge on any atom is 0.137 e. The molecule has 1 fully saturated rings. The molecule has 1 saturated heterocycles. The Kier molecular flexibility index (Phi) is 4.81. The second-order valence-electron chi connectivity index (χ2n) is 5.66. The van der Waals surface area contributed by atoms with E-state index in [2.05, 4.69) is 47.9 Å². The molecule has 0 spiro atoms. The fraction of sp³-hybridized carbons (Fsp3) is 0.733. The zero-order valence-electron chi connectivity index (χ0n) is 13.2. The molecule has 0 aliphatic carbocycles. The van der Waals surface area contributed by atoms with Crippen molar-refractivity contribution in [1.29, 1.82) is 0 Å². The van der Waals surface area contributed by atoms with E-state index in [4.69, 9.17) is 4.74 Å². The van der Waals surface area contributed by atoms with Gasteiger partial charge in [-0.2, -0.15) is 0 Å². The lowest BCUT2D eigenvalue weighted by atomic mass is 10.2. The van der Waals surface area contributed by atoms with Gasteiger partial charge >= 0.3 is 0 Å². The molecule has 0 bridgehead atoms. The first kappa shape index (κ1) is 15.0. The average Bonchev–Trinajstić information content (AvgIpc) is 2.38. The van der Waals surface area contributed by atoms with Crippen LogP contribution in [0.2, 0.25) is 0 Å². The van der Waals surface area contributed by atoms with E-state index in [1.807, 2.05) is 6.92 Å². The standard InChI is InChI=1S/C15H26N4O/c1-6-7-16-14-12(4)15(18-13(5)17-14)19-8-10(2)20-11(3)9-19/h10-11H,6-9H2,1-5H3,(H,16,17,18)/t10-,11+. The first-order chi connectivity index (χ1) is 9.51. The van der Waals surface area contributed by atoms with Crippen LogP contribution in [0.25, 0.3) is 0 Å². The van der Waals surface area contributed by atoms with Gasteiger partial charge in [0.25, 0.3) is 0 Å². The van der Waals surface area contributed by atoms with Gasteiger partial charge in [0, 0.05) is 25.2 Å². The molecule has 5 nitrogen and oxygen atoms in total. The number of ether oxygens (including phenoxy) is 1. The van der Waals surface area contributed by atoms with E-state index >= 15 is 0 Å². The number of aryl methyl sites for hydroxylation is 1. The molecule has 112 valence electrons. The van der Waals surface area contributed by atoms with Crippen LogP contribution in [-0.2, 0) is 4.74 Å². The SMILES string of the molecule is CCCNc1nc(C)nc(N2C[C@@H](C)O[C@@H](C)C2)c1C.